The van der Waals surface area contributed by atoms with Crippen LogP contribution < -0.4 is 9.47 Å². The molecule has 4 saturated heterocycles. The van der Waals surface area contributed by atoms with Gasteiger partial charge in [-0.2, -0.15) is 0 Å². The summed E-state index contributed by atoms with van der Waals surface area (Å²) in [6.45, 7) is 7.72. The molecule has 23 heavy (non-hydrogen) atoms. The first kappa shape index (κ1) is 14.1. The molecular weight excluding hydrogens is 288 g/mol. The van der Waals surface area contributed by atoms with Crippen molar-refractivity contribution in [3.8, 4) is 11.5 Å². The Morgan fingerprint density at radius 2 is 1.91 bits per heavy atom. The van der Waals surface area contributed by atoms with E-state index in [1.54, 1.807) is 0 Å². The van der Waals surface area contributed by atoms with Crippen molar-refractivity contribution in [1.82, 2.24) is 9.80 Å². The Bertz CT molecular complexity index is 597. The second kappa shape index (κ2) is 5.38. The van der Waals surface area contributed by atoms with Crippen LogP contribution in [0.15, 0.2) is 18.2 Å². The lowest BCUT2D eigenvalue weighted by Crippen LogP contribution is -2.60. The van der Waals surface area contributed by atoms with Crippen molar-refractivity contribution in [3.63, 3.8) is 0 Å². The van der Waals surface area contributed by atoms with E-state index in [0.29, 0.717) is 18.8 Å². The van der Waals surface area contributed by atoms with Crippen molar-refractivity contribution < 1.29 is 9.47 Å². The molecule has 2 bridgehead atoms. The van der Waals surface area contributed by atoms with E-state index in [4.69, 9.17) is 9.47 Å². The molecule has 5 aliphatic heterocycles. The highest BCUT2D eigenvalue weighted by molar-refractivity contribution is 5.46. The Labute approximate surface area is 138 Å². The number of likely N-dealkylation sites (tertiary alicyclic amines) is 1. The summed E-state index contributed by atoms with van der Waals surface area (Å²) in [4.78, 5) is 5.56. The largest absolute Gasteiger partial charge is 0.454 e. The van der Waals surface area contributed by atoms with Gasteiger partial charge >= 0.3 is 0 Å². The SMILES string of the molecule is CCCN1C[C@@H](c2ccc3c(c2)OCO3)[C@@H]2[C@H]1C1CCN2CC1. The minimum absolute atomic E-state index is 0.367. The number of piperidine rings is 3. The highest BCUT2D eigenvalue weighted by Gasteiger charge is 2.52. The third-order valence-electron chi connectivity index (χ3n) is 6.43. The fourth-order valence-electron chi connectivity index (χ4n) is 5.52. The molecule has 0 N–H and O–H groups in total. The fraction of sp³-hybridized carbons (Fsp3) is 0.684. The molecule has 4 heteroatoms. The summed E-state index contributed by atoms with van der Waals surface area (Å²) in [5.74, 6) is 3.36. The predicted molar refractivity (Wildman–Crippen MR) is 89.0 cm³/mol. The maximum atomic E-state index is 5.62. The Hall–Kier alpha value is -1.26. The van der Waals surface area contributed by atoms with Crippen molar-refractivity contribution in [1.29, 1.82) is 0 Å². The smallest absolute Gasteiger partial charge is 0.231 e. The van der Waals surface area contributed by atoms with Crippen LogP contribution >= 0.6 is 0 Å². The lowest BCUT2D eigenvalue weighted by atomic mass is 9.75. The van der Waals surface area contributed by atoms with Crippen LogP contribution in [0.3, 0.4) is 0 Å². The average Bonchev–Trinajstić information content (AvgIpc) is 3.21. The second-order valence-electron chi connectivity index (χ2n) is 7.57. The van der Waals surface area contributed by atoms with Crippen molar-refractivity contribution >= 4 is 0 Å². The number of rotatable bonds is 3. The summed E-state index contributed by atoms with van der Waals surface area (Å²) in [6.07, 6.45) is 4.05. The van der Waals surface area contributed by atoms with Gasteiger partial charge < -0.3 is 9.47 Å². The normalized spacial score (nSPS) is 38.0. The Morgan fingerprint density at radius 1 is 1.09 bits per heavy atom. The fourth-order valence-corrected chi connectivity index (χ4v) is 5.52. The van der Waals surface area contributed by atoms with E-state index in [2.05, 4.69) is 34.9 Å². The zero-order chi connectivity index (χ0) is 15.4. The number of fused-ring (bicyclic) bond motifs is 3. The van der Waals surface area contributed by atoms with Gasteiger partial charge in [0.2, 0.25) is 6.79 Å². The summed E-state index contributed by atoms with van der Waals surface area (Å²) in [5, 5.41) is 0. The first-order valence-electron chi connectivity index (χ1n) is 9.23. The molecule has 4 nitrogen and oxygen atoms in total. The summed E-state index contributed by atoms with van der Waals surface area (Å²) >= 11 is 0. The van der Waals surface area contributed by atoms with Crippen LogP contribution in [-0.2, 0) is 0 Å². The molecule has 5 aliphatic rings. The molecule has 1 aromatic carbocycles. The lowest BCUT2D eigenvalue weighted by Gasteiger charge is -2.51. The molecule has 1 aromatic rings. The van der Waals surface area contributed by atoms with Crippen LogP contribution in [0.25, 0.3) is 0 Å². The zero-order valence-corrected chi connectivity index (χ0v) is 13.9. The zero-order valence-electron chi connectivity index (χ0n) is 13.9. The summed E-state index contributed by atoms with van der Waals surface area (Å²) in [7, 11) is 0. The van der Waals surface area contributed by atoms with E-state index < -0.39 is 0 Å². The number of nitrogens with zero attached hydrogens (tertiary/aromatic N) is 2. The predicted octanol–water partition coefficient (Wildman–Crippen LogP) is 2.69. The molecule has 4 fully saturated rings. The topological polar surface area (TPSA) is 24.9 Å². The second-order valence-corrected chi connectivity index (χ2v) is 7.57. The van der Waals surface area contributed by atoms with Gasteiger partial charge in [0, 0.05) is 24.5 Å². The number of ether oxygens (including phenoxy) is 2. The molecule has 0 aromatic heterocycles. The van der Waals surface area contributed by atoms with Gasteiger partial charge in [0.1, 0.15) is 0 Å². The third-order valence-corrected chi connectivity index (χ3v) is 6.43. The molecule has 0 unspecified atom stereocenters. The Morgan fingerprint density at radius 3 is 2.74 bits per heavy atom. The number of hydrogen-bond acceptors (Lipinski definition) is 4. The maximum absolute atomic E-state index is 5.62. The van der Waals surface area contributed by atoms with Crippen molar-refractivity contribution in [2.45, 2.75) is 44.2 Å². The van der Waals surface area contributed by atoms with Gasteiger partial charge in [-0.3, -0.25) is 9.80 Å². The van der Waals surface area contributed by atoms with Crippen LogP contribution in [0.2, 0.25) is 0 Å². The molecule has 124 valence electrons. The van der Waals surface area contributed by atoms with Gasteiger partial charge in [-0.25, -0.2) is 0 Å². The lowest BCUT2D eigenvalue weighted by molar-refractivity contribution is -0.00641. The third kappa shape index (κ3) is 2.11. The summed E-state index contributed by atoms with van der Waals surface area (Å²) in [5.41, 5.74) is 1.44. The molecule has 5 heterocycles. The number of hydrogen-bond donors (Lipinski definition) is 0. The molecule has 6 rings (SSSR count). The van der Waals surface area contributed by atoms with Gasteiger partial charge in [-0.1, -0.05) is 13.0 Å². The Kier molecular flexibility index (Phi) is 3.30. The highest BCUT2D eigenvalue weighted by atomic mass is 16.7. The quantitative estimate of drug-likeness (QED) is 0.856. The Balaban J connectivity index is 1.50. The van der Waals surface area contributed by atoms with E-state index in [-0.39, 0.29) is 0 Å². The van der Waals surface area contributed by atoms with Gasteiger partial charge in [0.25, 0.3) is 0 Å². The number of benzene rings is 1. The monoisotopic (exact) mass is 314 g/mol. The van der Waals surface area contributed by atoms with E-state index >= 15 is 0 Å². The van der Waals surface area contributed by atoms with Crippen molar-refractivity contribution in [3.05, 3.63) is 23.8 Å². The van der Waals surface area contributed by atoms with Gasteiger partial charge in [-0.15, -0.1) is 0 Å². The summed E-state index contributed by atoms with van der Waals surface area (Å²) in [6, 6.07) is 8.09. The maximum Gasteiger partial charge on any atom is 0.231 e. The molecule has 0 amide bonds. The standard InChI is InChI=1S/C19H26N2O2/c1-2-7-21-11-15(14-3-4-16-17(10-14)23-12-22-16)19-18(21)13-5-8-20(19)9-6-13/h3-4,10,13,15,18-19H,2,5-9,11-12H2,1H3/t15-,18+,19+/m0/s1. The molecule has 0 radical (unpaired) electrons. The van der Waals surface area contributed by atoms with Crippen LogP contribution in [-0.4, -0.2) is 54.9 Å². The van der Waals surface area contributed by atoms with Gasteiger partial charge in [0.05, 0.1) is 0 Å². The molecule has 0 spiro atoms. The minimum atomic E-state index is 0.367. The van der Waals surface area contributed by atoms with Crippen LogP contribution in [0.1, 0.15) is 37.7 Å². The van der Waals surface area contributed by atoms with Crippen molar-refractivity contribution in [2.24, 2.45) is 5.92 Å². The average molecular weight is 314 g/mol. The molecular formula is C19H26N2O2. The minimum Gasteiger partial charge on any atom is -0.454 e. The van der Waals surface area contributed by atoms with Crippen LogP contribution in [0.4, 0.5) is 0 Å². The van der Waals surface area contributed by atoms with E-state index in [1.165, 1.54) is 51.0 Å². The van der Waals surface area contributed by atoms with Crippen LogP contribution in [0, 0.1) is 5.92 Å². The molecule has 3 atom stereocenters. The van der Waals surface area contributed by atoms with E-state index in [1.807, 2.05) is 0 Å². The van der Waals surface area contributed by atoms with Crippen LogP contribution in [0.5, 0.6) is 11.5 Å². The van der Waals surface area contributed by atoms with E-state index in [0.717, 1.165) is 23.5 Å². The highest BCUT2D eigenvalue weighted by Crippen LogP contribution is 2.47. The van der Waals surface area contributed by atoms with Gasteiger partial charge in [-0.05, 0) is 62.5 Å². The first-order valence-corrected chi connectivity index (χ1v) is 9.23. The van der Waals surface area contributed by atoms with Gasteiger partial charge in [0.15, 0.2) is 11.5 Å². The van der Waals surface area contributed by atoms with Crippen molar-refractivity contribution in [2.75, 3.05) is 33.0 Å². The molecule has 0 saturated carbocycles. The first-order chi connectivity index (χ1) is 11.3. The molecule has 0 aliphatic carbocycles. The van der Waals surface area contributed by atoms with E-state index in [9.17, 15) is 0 Å². The summed E-state index contributed by atoms with van der Waals surface area (Å²) < 4.78 is 11.1.